The first-order chi connectivity index (χ1) is 14.3. The minimum atomic E-state index is -0.137. The molecule has 0 unspecified atom stereocenters. The summed E-state index contributed by atoms with van der Waals surface area (Å²) < 4.78 is 5.80. The maximum Gasteiger partial charge on any atom is 0.256 e. The Morgan fingerprint density at radius 3 is 2.03 bits per heavy atom. The molecule has 1 amide bonds. The number of ether oxygens (including phenoxy) is 1. The lowest BCUT2D eigenvalue weighted by molar-refractivity contribution is 0.102. The molecular formula is C26H21NO2. The lowest BCUT2D eigenvalue weighted by Crippen LogP contribution is -2.13. The van der Waals surface area contributed by atoms with Gasteiger partial charge in [-0.1, -0.05) is 78.9 Å². The van der Waals surface area contributed by atoms with E-state index in [0.29, 0.717) is 12.2 Å². The monoisotopic (exact) mass is 379 g/mol. The average Bonchev–Trinajstić information content (AvgIpc) is 2.80. The number of anilines is 1. The summed E-state index contributed by atoms with van der Waals surface area (Å²) in [5.41, 5.74) is 4.41. The molecule has 1 N–H and O–H groups in total. The van der Waals surface area contributed by atoms with E-state index in [1.165, 1.54) is 0 Å². The second kappa shape index (κ2) is 8.89. The molecule has 0 spiro atoms. The highest BCUT2D eigenvalue weighted by Gasteiger charge is 2.12. The standard InChI is InChI=1S/C26H21NO2/c28-26(25-14-8-7-13-24(25)21-11-5-2-6-12-21)27-22-15-17-23(18-16-22)29-19-20-9-3-1-4-10-20/h1-18H,19H2,(H,27,28). The number of amides is 1. The van der Waals surface area contributed by atoms with Gasteiger partial charge in [-0.25, -0.2) is 0 Å². The summed E-state index contributed by atoms with van der Waals surface area (Å²) in [6.07, 6.45) is 0. The van der Waals surface area contributed by atoms with Crippen molar-refractivity contribution in [2.45, 2.75) is 6.61 Å². The van der Waals surface area contributed by atoms with Crippen molar-refractivity contribution in [1.29, 1.82) is 0 Å². The summed E-state index contributed by atoms with van der Waals surface area (Å²) in [4.78, 5) is 12.9. The van der Waals surface area contributed by atoms with Crippen LogP contribution < -0.4 is 10.1 Å². The summed E-state index contributed by atoms with van der Waals surface area (Å²) >= 11 is 0. The number of carbonyl (C=O) groups is 1. The molecule has 3 nitrogen and oxygen atoms in total. The highest BCUT2D eigenvalue weighted by atomic mass is 16.5. The molecule has 0 radical (unpaired) electrons. The van der Waals surface area contributed by atoms with Gasteiger partial charge in [0, 0.05) is 11.3 Å². The van der Waals surface area contributed by atoms with Crippen molar-refractivity contribution in [1.82, 2.24) is 0 Å². The third-order valence-electron chi connectivity index (χ3n) is 4.62. The lowest BCUT2D eigenvalue weighted by atomic mass is 9.99. The molecule has 0 bridgehead atoms. The Labute approximate surface area is 170 Å². The molecule has 142 valence electrons. The van der Waals surface area contributed by atoms with Gasteiger partial charge in [-0.05, 0) is 47.0 Å². The van der Waals surface area contributed by atoms with E-state index < -0.39 is 0 Å². The van der Waals surface area contributed by atoms with E-state index in [-0.39, 0.29) is 5.91 Å². The van der Waals surface area contributed by atoms with Crippen LogP contribution in [0.4, 0.5) is 5.69 Å². The third-order valence-corrected chi connectivity index (χ3v) is 4.62. The van der Waals surface area contributed by atoms with E-state index in [1.807, 2.05) is 109 Å². The molecule has 4 aromatic carbocycles. The number of hydrogen-bond acceptors (Lipinski definition) is 2. The van der Waals surface area contributed by atoms with Gasteiger partial charge in [0.25, 0.3) is 5.91 Å². The molecule has 0 saturated heterocycles. The largest absolute Gasteiger partial charge is 0.489 e. The molecule has 0 aliphatic rings. The number of rotatable bonds is 6. The summed E-state index contributed by atoms with van der Waals surface area (Å²) in [5.74, 6) is 0.624. The number of nitrogens with one attached hydrogen (secondary N) is 1. The average molecular weight is 379 g/mol. The Morgan fingerprint density at radius 2 is 1.31 bits per heavy atom. The lowest BCUT2D eigenvalue weighted by Gasteiger charge is -2.11. The Bertz CT molecular complexity index is 1070. The molecule has 0 aliphatic carbocycles. The summed E-state index contributed by atoms with van der Waals surface area (Å²) in [6, 6.07) is 35.0. The smallest absolute Gasteiger partial charge is 0.256 e. The maximum absolute atomic E-state index is 12.9. The van der Waals surface area contributed by atoms with Crippen LogP contribution in [-0.4, -0.2) is 5.91 Å². The van der Waals surface area contributed by atoms with Crippen LogP contribution >= 0.6 is 0 Å². The van der Waals surface area contributed by atoms with Crippen LogP contribution in [0.5, 0.6) is 5.75 Å². The van der Waals surface area contributed by atoms with E-state index in [2.05, 4.69) is 5.32 Å². The maximum atomic E-state index is 12.9. The second-order valence-corrected chi connectivity index (χ2v) is 6.66. The van der Waals surface area contributed by atoms with Crippen LogP contribution in [0.2, 0.25) is 0 Å². The van der Waals surface area contributed by atoms with Crippen LogP contribution in [0, 0.1) is 0 Å². The summed E-state index contributed by atoms with van der Waals surface area (Å²) in [5, 5.41) is 2.97. The van der Waals surface area contributed by atoms with Crippen molar-refractivity contribution < 1.29 is 9.53 Å². The Kier molecular flexibility index (Phi) is 5.68. The van der Waals surface area contributed by atoms with E-state index in [1.54, 1.807) is 0 Å². The zero-order valence-corrected chi connectivity index (χ0v) is 15.9. The molecule has 0 saturated carbocycles. The molecule has 0 heterocycles. The molecule has 29 heavy (non-hydrogen) atoms. The molecular weight excluding hydrogens is 358 g/mol. The van der Waals surface area contributed by atoms with Crippen LogP contribution in [-0.2, 0) is 6.61 Å². The molecule has 0 fully saturated rings. The molecule has 3 heteroatoms. The van der Waals surface area contributed by atoms with Crippen molar-refractivity contribution >= 4 is 11.6 Å². The van der Waals surface area contributed by atoms with Crippen LogP contribution in [0.25, 0.3) is 11.1 Å². The molecule has 0 atom stereocenters. The fourth-order valence-electron chi connectivity index (χ4n) is 3.12. The quantitative estimate of drug-likeness (QED) is 0.434. The fraction of sp³-hybridized carbons (Fsp3) is 0.0385. The molecule has 0 aromatic heterocycles. The molecule has 4 rings (SSSR count). The van der Waals surface area contributed by atoms with Gasteiger partial charge in [-0.3, -0.25) is 4.79 Å². The number of benzene rings is 4. The second-order valence-electron chi connectivity index (χ2n) is 6.66. The van der Waals surface area contributed by atoms with Crippen molar-refractivity contribution in [3.63, 3.8) is 0 Å². The van der Waals surface area contributed by atoms with E-state index in [9.17, 15) is 4.79 Å². The highest BCUT2D eigenvalue weighted by molar-refractivity contribution is 6.08. The van der Waals surface area contributed by atoms with Crippen LogP contribution in [0.15, 0.2) is 109 Å². The topological polar surface area (TPSA) is 38.3 Å². The van der Waals surface area contributed by atoms with Gasteiger partial charge in [-0.15, -0.1) is 0 Å². The number of hydrogen-bond donors (Lipinski definition) is 1. The Balaban J connectivity index is 1.44. The first-order valence-electron chi connectivity index (χ1n) is 9.52. The van der Waals surface area contributed by atoms with Crippen molar-refractivity contribution in [3.05, 3.63) is 120 Å². The molecule has 0 aliphatic heterocycles. The Hall–Kier alpha value is -3.85. The first kappa shape index (κ1) is 18.5. The van der Waals surface area contributed by atoms with Gasteiger partial charge in [0.2, 0.25) is 0 Å². The zero-order chi connectivity index (χ0) is 19.9. The highest BCUT2D eigenvalue weighted by Crippen LogP contribution is 2.25. The SMILES string of the molecule is O=C(Nc1ccc(OCc2ccccc2)cc1)c1ccccc1-c1ccccc1. The Morgan fingerprint density at radius 1 is 0.690 bits per heavy atom. The fourth-order valence-corrected chi connectivity index (χ4v) is 3.12. The first-order valence-corrected chi connectivity index (χ1v) is 9.52. The van der Waals surface area contributed by atoms with Crippen LogP contribution in [0.3, 0.4) is 0 Å². The van der Waals surface area contributed by atoms with Gasteiger partial charge < -0.3 is 10.1 Å². The van der Waals surface area contributed by atoms with Crippen molar-refractivity contribution in [3.8, 4) is 16.9 Å². The minimum absolute atomic E-state index is 0.137. The normalized spacial score (nSPS) is 10.3. The minimum Gasteiger partial charge on any atom is -0.489 e. The summed E-state index contributed by atoms with van der Waals surface area (Å²) in [7, 11) is 0. The van der Waals surface area contributed by atoms with Crippen molar-refractivity contribution in [2.24, 2.45) is 0 Å². The predicted molar refractivity (Wildman–Crippen MR) is 117 cm³/mol. The van der Waals surface area contributed by atoms with Gasteiger partial charge >= 0.3 is 0 Å². The van der Waals surface area contributed by atoms with E-state index in [0.717, 1.165) is 28.1 Å². The predicted octanol–water partition coefficient (Wildman–Crippen LogP) is 6.18. The van der Waals surface area contributed by atoms with Gasteiger partial charge in [0.15, 0.2) is 0 Å². The molecule has 4 aromatic rings. The van der Waals surface area contributed by atoms with Gasteiger partial charge in [-0.2, -0.15) is 0 Å². The number of carbonyl (C=O) groups excluding carboxylic acids is 1. The van der Waals surface area contributed by atoms with E-state index in [4.69, 9.17) is 4.74 Å². The van der Waals surface area contributed by atoms with Gasteiger partial charge in [0.05, 0.1) is 0 Å². The van der Waals surface area contributed by atoms with Crippen molar-refractivity contribution in [2.75, 3.05) is 5.32 Å². The van der Waals surface area contributed by atoms with Crippen LogP contribution in [0.1, 0.15) is 15.9 Å². The van der Waals surface area contributed by atoms with E-state index >= 15 is 0 Å². The van der Waals surface area contributed by atoms with Gasteiger partial charge in [0.1, 0.15) is 12.4 Å². The summed E-state index contributed by atoms with van der Waals surface area (Å²) in [6.45, 7) is 0.511. The zero-order valence-electron chi connectivity index (χ0n) is 15.9. The third kappa shape index (κ3) is 4.71.